The number of hydrogen-bond acceptors (Lipinski definition) is 4. The van der Waals surface area contributed by atoms with Crippen LogP contribution in [-0.4, -0.2) is 17.5 Å². The third-order valence-electron chi connectivity index (χ3n) is 3.47. The highest BCUT2D eigenvalue weighted by molar-refractivity contribution is 5.75. The highest BCUT2D eigenvalue weighted by Gasteiger charge is 2.33. The number of anilines is 2. The summed E-state index contributed by atoms with van der Waals surface area (Å²) in [6.07, 6.45) is 3.26. The second-order valence-electron chi connectivity index (χ2n) is 5.58. The molecule has 1 saturated carbocycles. The van der Waals surface area contributed by atoms with Gasteiger partial charge in [0.05, 0.1) is 4.92 Å². The molecule has 1 aromatic carbocycles. The first-order valence-electron chi connectivity index (χ1n) is 6.80. The summed E-state index contributed by atoms with van der Waals surface area (Å²) in [5.41, 5.74) is 6.74. The summed E-state index contributed by atoms with van der Waals surface area (Å²) in [5.74, 6) is 0.585. The highest BCUT2D eigenvalue weighted by atomic mass is 16.6. The summed E-state index contributed by atoms with van der Waals surface area (Å²) in [5, 5.41) is 11.2. The summed E-state index contributed by atoms with van der Waals surface area (Å²) in [6, 6.07) is 5.64. The van der Waals surface area contributed by atoms with E-state index < -0.39 is 0 Å². The molecule has 2 N–H and O–H groups in total. The van der Waals surface area contributed by atoms with Crippen LogP contribution in [-0.2, 0) is 0 Å². The van der Waals surface area contributed by atoms with Crippen molar-refractivity contribution in [1.29, 1.82) is 0 Å². The standard InChI is InChI=1S/C14H21N3O2/c1-10(2)8-9-16(11-6-7-11)13-5-3-4-12(15)14(13)17(18)19/h3-5,10-11H,6-9,15H2,1-2H3. The van der Waals surface area contributed by atoms with E-state index in [9.17, 15) is 10.1 Å². The largest absolute Gasteiger partial charge is 0.393 e. The molecule has 2 rings (SSSR count). The molecule has 19 heavy (non-hydrogen) atoms. The maximum absolute atomic E-state index is 11.2. The first kappa shape index (κ1) is 13.6. The van der Waals surface area contributed by atoms with Crippen LogP contribution in [0.1, 0.15) is 33.1 Å². The average molecular weight is 263 g/mol. The van der Waals surface area contributed by atoms with Crippen LogP contribution >= 0.6 is 0 Å². The second kappa shape index (κ2) is 5.47. The van der Waals surface area contributed by atoms with E-state index in [1.807, 2.05) is 6.07 Å². The molecule has 5 heteroatoms. The van der Waals surface area contributed by atoms with Crippen molar-refractivity contribution >= 4 is 17.1 Å². The molecule has 0 bridgehead atoms. The molecule has 1 aliphatic rings. The minimum absolute atomic E-state index is 0.0538. The molecule has 1 aliphatic carbocycles. The Morgan fingerprint density at radius 1 is 1.47 bits per heavy atom. The van der Waals surface area contributed by atoms with Crippen molar-refractivity contribution in [2.75, 3.05) is 17.2 Å². The van der Waals surface area contributed by atoms with Gasteiger partial charge in [0.2, 0.25) is 0 Å². The van der Waals surface area contributed by atoms with Gasteiger partial charge in [0.15, 0.2) is 0 Å². The van der Waals surface area contributed by atoms with Gasteiger partial charge in [-0.2, -0.15) is 0 Å². The van der Waals surface area contributed by atoms with Crippen molar-refractivity contribution < 1.29 is 4.92 Å². The Kier molecular flexibility index (Phi) is 3.93. The molecule has 0 aliphatic heterocycles. The van der Waals surface area contributed by atoms with E-state index >= 15 is 0 Å². The zero-order valence-electron chi connectivity index (χ0n) is 11.5. The summed E-state index contributed by atoms with van der Waals surface area (Å²) < 4.78 is 0. The molecule has 0 radical (unpaired) electrons. The summed E-state index contributed by atoms with van der Waals surface area (Å²) in [4.78, 5) is 13.0. The number of rotatable bonds is 6. The van der Waals surface area contributed by atoms with E-state index in [-0.39, 0.29) is 16.3 Å². The molecule has 1 aromatic rings. The number of para-hydroxylation sites is 1. The van der Waals surface area contributed by atoms with E-state index in [0.717, 1.165) is 25.8 Å². The average Bonchev–Trinajstić information content (AvgIpc) is 3.12. The smallest absolute Gasteiger partial charge is 0.315 e. The minimum atomic E-state index is -0.366. The van der Waals surface area contributed by atoms with Crippen molar-refractivity contribution in [3.63, 3.8) is 0 Å². The van der Waals surface area contributed by atoms with Crippen LogP contribution in [0.3, 0.4) is 0 Å². The number of nitro groups is 1. The molecule has 0 atom stereocenters. The Labute approximate surface area is 113 Å². The second-order valence-corrected chi connectivity index (χ2v) is 5.58. The Morgan fingerprint density at radius 2 is 2.16 bits per heavy atom. The molecule has 0 unspecified atom stereocenters. The maximum Gasteiger partial charge on any atom is 0.315 e. The Hall–Kier alpha value is -1.78. The topological polar surface area (TPSA) is 72.4 Å². The van der Waals surface area contributed by atoms with E-state index in [4.69, 9.17) is 5.73 Å². The molecule has 0 saturated heterocycles. The molecular formula is C14H21N3O2. The van der Waals surface area contributed by atoms with Gasteiger partial charge in [-0.05, 0) is 37.3 Å². The van der Waals surface area contributed by atoms with Gasteiger partial charge in [-0.15, -0.1) is 0 Å². The van der Waals surface area contributed by atoms with Gasteiger partial charge in [-0.1, -0.05) is 19.9 Å². The van der Waals surface area contributed by atoms with Crippen LogP contribution in [0, 0.1) is 16.0 Å². The number of hydrogen-bond donors (Lipinski definition) is 1. The fourth-order valence-corrected chi connectivity index (χ4v) is 2.26. The molecule has 1 fully saturated rings. The molecule has 0 amide bonds. The Morgan fingerprint density at radius 3 is 2.68 bits per heavy atom. The SMILES string of the molecule is CC(C)CCN(c1cccc(N)c1[N+](=O)[O-])C1CC1. The predicted octanol–water partition coefficient (Wildman–Crippen LogP) is 3.19. The van der Waals surface area contributed by atoms with E-state index in [1.165, 1.54) is 0 Å². The summed E-state index contributed by atoms with van der Waals surface area (Å²) in [7, 11) is 0. The van der Waals surface area contributed by atoms with Gasteiger partial charge < -0.3 is 10.6 Å². The van der Waals surface area contributed by atoms with Gasteiger partial charge in [0, 0.05) is 12.6 Å². The highest BCUT2D eigenvalue weighted by Crippen LogP contribution is 2.39. The van der Waals surface area contributed by atoms with E-state index in [2.05, 4.69) is 18.7 Å². The molecule has 0 spiro atoms. The van der Waals surface area contributed by atoms with Gasteiger partial charge in [-0.25, -0.2) is 0 Å². The monoisotopic (exact) mass is 263 g/mol. The third kappa shape index (κ3) is 3.16. The lowest BCUT2D eigenvalue weighted by molar-refractivity contribution is -0.383. The van der Waals surface area contributed by atoms with Crippen LogP contribution in [0.2, 0.25) is 0 Å². The van der Waals surface area contributed by atoms with Gasteiger partial charge in [0.25, 0.3) is 0 Å². The van der Waals surface area contributed by atoms with Crippen LogP contribution in [0.4, 0.5) is 17.1 Å². The van der Waals surface area contributed by atoms with Crippen molar-refractivity contribution in [2.45, 2.75) is 39.2 Å². The fourth-order valence-electron chi connectivity index (χ4n) is 2.26. The number of nitro benzene ring substituents is 1. The normalized spacial score (nSPS) is 14.7. The number of benzene rings is 1. The zero-order chi connectivity index (χ0) is 14.0. The molecular weight excluding hydrogens is 242 g/mol. The predicted molar refractivity (Wildman–Crippen MR) is 77.3 cm³/mol. The number of nitrogens with zero attached hydrogens (tertiary/aromatic N) is 2. The maximum atomic E-state index is 11.2. The van der Waals surface area contributed by atoms with Gasteiger partial charge in [-0.3, -0.25) is 10.1 Å². The van der Waals surface area contributed by atoms with Crippen molar-refractivity contribution in [2.24, 2.45) is 5.92 Å². The van der Waals surface area contributed by atoms with Crippen LogP contribution in [0.15, 0.2) is 18.2 Å². The van der Waals surface area contributed by atoms with Crippen LogP contribution in [0.5, 0.6) is 0 Å². The Bertz CT molecular complexity index is 470. The van der Waals surface area contributed by atoms with Crippen molar-refractivity contribution in [3.05, 3.63) is 28.3 Å². The van der Waals surface area contributed by atoms with E-state index in [0.29, 0.717) is 17.6 Å². The summed E-state index contributed by atoms with van der Waals surface area (Å²) in [6.45, 7) is 5.18. The van der Waals surface area contributed by atoms with Crippen molar-refractivity contribution in [3.8, 4) is 0 Å². The molecule has 5 nitrogen and oxygen atoms in total. The lowest BCUT2D eigenvalue weighted by atomic mass is 10.1. The summed E-state index contributed by atoms with van der Waals surface area (Å²) >= 11 is 0. The molecule has 0 aromatic heterocycles. The Balaban J connectivity index is 2.31. The van der Waals surface area contributed by atoms with Crippen LogP contribution < -0.4 is 10.6 Å². The third-order valence-corrected chi connectivity index (χ3v) is 3.47. The lowest BCUT2D eigenvalue weighted by Crippen LogP contribution is -2.28. The number of nitrogen functional groups attached to an aromatic ring is 1. The lowest BCUT2D eigenvalue weighted by Gasteiger charge is -2.25. The first-order chi connectivity index (χ1) is 9.00. The zero-order valence-corrected chi connectivity index (χ0v) is 11.5. The molecule has 104 valence electrons. The molecule has 0 heterocycles. The number of nitrogens with two attached hydrogens (primary N) is 1. The fraction of sp³-hybridized carbons (Fsp3) is 0.571. The first-order valence-corrected chi connectivity index (χ1v) is 6.80. The minimum Gasteiger partial charge on any atom is -0.393 e. The van der Waals surface area contributed by atoms with Gasteiger partial charge in [0.1, 0.15) is 11.4 Å². The van der Waals surface area contributed by atoms with Crippen LogP contribution in [0.25, 0.3) is 0 Å². The van der Waals surface area contributed by atoms with E-state index in [1.54, 1.807) is 12.1 Å². The van der Waals surface area contributed by atoms with Crippen molar-refractivity contribution in [1.82, 2.24) is 0 Å². The van der Waals surface area contributed by atoms with Gasteiger partial charge >= 0.3 is 5.69 Å². The quantitative estimate of drug-likeness (QED) is 0.486.